The number of halogens is 1. The smallest absolute Gasteiger partial charge is 0.0852 e. The van der Waals surface area contributed by atoms with Crippen LogP contribution < -0.4 is 5.36 Å². The van der Waals surface area contributed by atoms with Gasteiger partial charge in [0.15, 0.2) is 0 Å². The molecule has 122 valence electrons. The summed E-state index contributed by atoms with van der Waals surface area (Å²) in [6.07, 6.45) is 5.96. The zero-order valence-corrected chi connectivity index (χ0v) is 14.6. The van der Waals surface area contributed by atoms with E-state index in [4.69, 9.17) is 11.6 Å². The van der Waals surface area contributed by atoms with Crippen LogP contribution in [-0.4, -0.2) is 4.57 Å². The van der Waals surface area contributed by atoms with Crippen molar-refractivity contribution in [1.29, 1.82) is 0 Å². The minimum absolute atomic E-state index is 0.675. The summed E-state index contributed by atoms with van der Waals surface area (Å²) in [5.74, 6) is 0. The van der Waals surface area contributed by atoms with Gasteiger partial charge in [-0.25, -0.2) is 4.99 Å². The Morgan fingerprint density at radius 2 is 1.67 bits per heavy atom. The fraction of sp³-hybridized carbons (Fsp3) is 0.190. The lowest BCUT2D eigenvalue weighted by molar-refractivity contribution is 0.753. The molecule has 0 bridgehead atoms. The number of benzene rings is 2. The van der Waals surface area contributed by atoms with Gasteiger partial charge >= 0.3 is 0 Å². The predicted octanol–water partition coefficient (Wildman–Crippen LogP) is 5.18. The minimum atomic E-state index is 0.675. The number of hydrogen-bond donors (Lipinski definition) is 0. The van der Waals surface area contributed by atoms with E-state index in [1.165, 1.54) is 11.1 Å². The highest BCUT2D eigenvalue weighted by atomic mass is 35.5. The lowest BCUT2D eigenvalue weighted by atomic mass is 10.0. The van der Waals surface area contributed by atoms with Gasteiger partial charge < -0.3 is 4.57 Å². The third-order valence-electron chi connectivity index (χ3n) is 4.02. The Kier molecular flexibility index (Phi) is 5.50. The van der Waals surface area contributed by atoms with Gasteiger partial charge in [0.2, 0.25) is 0 Å². The third kappa shape index (κ3) is 4.36. The molecule has 2 nitrogen and oxygen atoms in total. The molecule has 24 heavy (non-hydrogen) atoms. The maximum atomic E-state index is 6.32. The number of aryl methyl sites for hydroxylation is 3. The molecule has 3 heteroatoms. The van der Waals surface area contributed by atoms with Crippen LogP contribution in [0.2, 0.25) is 5.02 Å². The quantitative estimate of drug-likeness (QED) is 0.611. The summed E-state index contributed by atoms with van der Waals surface area (Å²) in [7, 11) is 0. The van der Waals surface area contributed by atoms with Crippen LogP contribution in [0.15, 0.2) is 78.0 Å². The van der Waals surface area contributed by atoms with Crippen LogP contribution in [0.4, 0.5) is 5.69 Å². The van der Waals surface area contributed by atoms with Crippen molar-refractivity contribution < 1.29 is 0 Å². The number of rotatable bonds is 5. The van der Waals surface area contributed by atoms with E-state index >= 15 is 0 Å². The van der Waals surface area contributed by atoms with Crippen LogP contribution >= 0.6 is 11.6 Å². The Bertz CT molecular complexity index is 866. The maximum Gasteiger partial charge on any atom is 0.0852 e. The maximum absolute atomic E-state index is 6.32. The van der Waals surface area contributed by atoms with E-state index in [1.54, 1.807) is 0 Å². The molecular weight excluding hydrogens is 316 g/mol. The molecule has 0 aliphatic heterocycles. The van der Waals surface area contributed by atoms with Crippen LogP contribution in [0.5, 0.6) is 0 Å². The molecule has 1 heterocycles. The van der Waals surface area contributed by atoms with Crippen molar-refractivity contribution in [3.05, 3.63) is 94.6 Å². The van der Waals surface area contributed by atoms with E-state index in [-0.39, 0.29) is 0 Å². The SMILES string of the molecule is CCn1ccc(=Nc2cccc(CCc3ccccc3)c2)c(Cl)c1. The molecule has 1 aromatic heterocycles. The highest BCUT2D eigenvalue weighted by molar-refractivity contribution is 6.30. The molecule has 0 N–H and O–H groups in total. The fourth-order valence-electron chi connectivity index (χ4n) is 2.64. The Balaban J connectivity index is 1.79. The highest BCUT2D eigenvalue weighted by Gasteiger charge is 1.99. The van der Waals surface area contributed by atoms with Crippen LogP contribution in [0, 0.1) is 0 Å². The van der Waals surface area contributed by atoms with Crippen molar-refractivity contribution in [2.45, 2.75) is 26.3 Å². The summed E-state index contributed by atoms with van der Waals surface area (Å²) >= 11 is 6.32. The van der Waals surface area contributed by atoms with E-state index in [2.05, 4.69) is 60.4 Å². The van der Waals surface area contributed by atoms with Gasteiger partial charge in [-0.2, -0.15) is 0 Å². The summed E-state index contributed by atoms with van der Waals surface area (Å²) in [6, 6.07) is 20.9. The zero-order chi connectivity index (χ0) is 16.8. The minimum Gasteiger partial charge on any atom is -0.353 e. The van der Waals surface area contributed by atoms with E-state index in [1.807, 2.05) is 29.1 Å². The van der Waals surface area contributed by atoms with E-state index in [9.17, 15) is 0 Å². The van der Waals surface area contributed by atoms with E-state index in [0.717, 1.165) is 30.4 Å². The number of aromatic nitrogens is 1. The van der Waals surface area contributed by atoms with Crippen molar-refractivity contribution >= 4 is 17.3 Å². The molecule has 0 saturated carbocycles. The second-order valence-electron chi connectivity index (χ2n) is 5.78. The fourth-order valence-corrected chi connectivity index (χ4v) is 2.87. The molecule has 3 aromatic rings. The molecule has 2 aromatic carbocycles. The molecule has 0 aliphatic carbocycles. The van der Waals surface area contributed by atoms with Gasteiger partial charge in [0, 0.05) is 18.9 Å². The molecule has 0 radical (unpaired) electrons. The van der Waals surface area contributed by atoms with Gasteiger partial charge in [-0.05, 0) is 49.1 Å². The Hall–Kier alpha value is -2.32. The third-order valence-corrected chi connectivity index (χ3v) is 4.31. The van der Waals surface area contributed by atoms with Crippen molar-refractivity contribution in [3.8, 4) is 0 Å². The van der Waals surface area contributed by atoms with Gasteiger partial charge in [-0.3, -0.25) is 0 Å². The highest BCUT2D eigenvalue weighted by Crippen LogP contribution is 2.16. The summed E-state index contributed by atoms with van der Waals surface area (Å²) in [6.45, 7) is 2.98. The lowest BCUT2D eigenvalue weighted by Crippen LogP contribution is -2.06. The Morgan fingerprint density at radius 1 is 0.917 bits per heavy atom. The normalized spacial score (nSPS) is 11.7. The molecule has 0 aliphatic rings. The van der Waals surface area contributed by atoms with Crippen LogP contribution in [0.25, 0.3) is 0 Å². The molecule has 0 spiro atoms. The first kappa shape index (κ1) is 16.5. The monoisotopic (exact) mass is 336 g/mol. The van der Waals surface area contributed by atoms with Crippen LogP contribution in [0.1, 0.15) is 18.1 Å². The second-order valence-corrected chi connectivity index (χ2v) is 6.18. The van der Waals surface area contributed by atoms with Crippen molar-refractivity contribution in [3.63, 3.8) is 0 Å². The second kappa shape index (κ2) is 7.98. The van der Waals surface area contributed by atoms with Gasteiger partial charge in [0.25, 0.3) is 0 Å². The lowest BCUT2D eigenvalue weighted by Gasteiger charge is -2.05. The van der Waals surface area contributed by atoms with Gasteiger partial charge in [0.05, 0.1) is 16.1 Å². The molecule has 0 amide bonds. The molecule has 0 unspecified atom stereocenters. The average molecular weight is 337 g/mol. The standard InChI is InChI=1S/C21H21ClN2/c1-2-24-14-13-21(20(22)16-24)23-19-10-6-9-18(15-19)12-11-17-7-4-3-5-8-17/h3-10,13-16H,2,11-12H2,1H3. The van der Waals surface area contributed by atoms with Gasteiger partial charge in [-0.1, -0.05) is 54.1 Å². The summed E-state index contributed by atoms with van der Waals surface area (Å²) in [4.78, 5) is 4.69. The predicted molar refractivity (Wildman–Crippen MR) is 101 cm³/mol. The van der Waals surface area contributed by atoms with Gasteiger partial charge in [-0.15, -0.1) is 0 Å². The molecule has 0 fully saturated rings. The number of hydrogen-bond acceptors (Lipinski definition) is 1. The molecular formula is C21H21ClN2. The number of nitrogens with zero attached hydrogens (tertiary/aromatic N) is 2. The number of pyridine rings is 1. The summed E-state index contributed by atoms with van der Waals surface area (Å²) < 4.78 is 2.04. The molecule has 0 saturated heterocycles. The Morgan fingerprint density at radius 3 is 2.42 bits per heavy atom. The first-order chi connectivity index (χ1) is 11.7. The topological polar surface area (TPSA) is 17.3 Å². The molecule has 0 atom stereocenters. The summed E-state index contributed by atoms with van der Waals surface area (Å²) in [5, 5.41) is 1.48. The van der Waals surface area contributed by atoms with Crippen molar-refractivity contribution in [2.24, 2.45) is 4.99 Å². The van der Waals surface area contributed by atoms with Crippen molar-refractivity contribution in [1.82, 2.24) is 4.57 Å². The average Bonchev–Trinajstić information content (AvgIpc) is 2.63. The van der Waals surface area contributed by atoms with Crippen LogP contribution in [0.3, 0.4) is 0 Å². The largest absolute Gasteiger partial charge is 0.353 e. The van der Waals surface area contributed by atoms with Crippen molar-refractivity contribution in [2.75, 3.05) is 0 Å². The van der Waals surface area contributed by atoms with Crippen LogP contribution in [-0.2, 0) is 19.4 Å². The Labute approximate surface area is 148 Å². The van der Waals surface area contributed by atoms with E-state index < -0.39 is 0 Å². The summed E-state index contributed by atoms with van der Waals surface area (Å²) in [5.41, 5.74) is 3.59. The zero-order valence-electron chi connectivity index (χ0n) is 13.8. The first-order valence-electron chi connectivity index (χ1n) is 8.28. The first-order valence-corrected chi connectivity index (χ1v) is 8.65. The molecule has 3 rings (SSSR count). The van der Waals surface area contributed by atoms with E-state index in [0.29, 0.717) is 5.02 Å². The van der Waals surface area contributed by atoms with Gasteiger partial charge in [0.1, 0.15) is 0 Å².